The molecule has 0 bridgehead atoms. The van der Waals surface area contributed by atoms with Gasteiger partial charge in [-0.1, -0.05) is 32.9 Å². The quantitative estimate of drug-likeness (QED) is 0.623. The molecule has 0 unspecified atom stereocenters. The minimum Gasteiger partial charge on any atom is -0.456 e. The van der Waals surface area contributed by atoms with E-state index in [0.717, 1.165) is 5.56 Å². The maximum atomic E-state index is 12.1. The molecule has 1 aromatic carbocycles. The van der Waals surface area contributed by atoms with Gasteiger partial charge in [0.1, 0.15) is 0 Å². The summed E-state index contributed by atoms with van der Waals surface area (Å²) in [7, 11) is 0. The molecule has 0 aliphatic rings. The van der Waals surface area contributed by atoms with Crippen molar-refractivity contribution in [3.63, 3.8) is 0 Å². The maximum absolute atomic E-state index is 12.1. The highest BCUT2D eigenvalue weighted by Gasteiger charge is 2.15. The van der Waals surface area contributed by atoms with E-state index in [1.165, 1.54) is 0 Å². The monoisotopic (exact) mass is 377 g/mol. The Balaban J connectivity index is 2.31. The molecule has 1 rings (SSSR count). The average molecular weight is 377 g/mol. The number of carbonyl (C=O) groups is 4. The highest BCUT2D eigenvalue weighted by Crippen LogP contribution is 2.22. The van der Waals surface area contributed by atoms with Gasteiger partial charge in [0, 0.05) is 18.7 Å². The van der Waals surface area contributed by atoms with Crippen LogP contribution in [-0.2, 0) is 19.7 Å². The maximum Gasteiger partial charge on any atom is 0.321 e. The summed E-state index contributed by atoms with van der Waals surface area (Å²) in [4.78, 5) is 46.1. The zero-order valence-corrected chi connectivity index (χ0v) is 16.2. The number of amides is 4. The number of rotatable bonds is 7. The lowest BCUT2D eigenvalue weighted by Crippen LogP contribution is -2.41. The molecule has 27 heavy (non-hydrogen) atoms. The van der Waals surface area contributed by atoms with Gasteiger partial charge in [-0.3, -0.25) is 19.7 Å². The van der Waals surface area contributed by atoms with Gasteiger partial charge in [0.15, 0.2) is 6.61 Å². The molecule has 0 aliphatic heterocycles. The minimum atomic E-state index is -0.725. The molecule has 0 radical (unpaired) electrons. The predicted molar refractivity (Wildman–Crippen MR) is 100 cm³/mol. The van der Waals surface area contributed by atoms with E-state index < -0.39 is 24.5 Å². The number of esters is 1. The van der Waals surface area contributed by atoms with Crippen molar-refractivity contribution in [1.29, 1.82) is 0 Å². The first-order valence-corrected chi connectivity index (χ1v) is 8.75. The fourth-order valence-corrected chi connectivity index (χ4v) is 2.09. The molecule has 0 saturated heterocycles. The van der Waals surface area contributed by atoms with Crippen LogP contribution in [0.15, 0.2) is 24.3 Å². The Labute approximate surface area is 159 Å². The number of carbonyl (C=O) groups excluding carboxylic acids is 4. The Morgan fingerprint density at radius 3 is 2.19 bits per heavy atom. The Hall–Kier alpha value is -2.90. The summed E-state index contributed by atoms with van der Waals surface area (Å²) >= 11 is 0. The molecule has 148 valence electrons. The zero-order valence-electron chi connectivity index (χ0n) is 16.2. The fraction of sp³-hybridized carbons (Fsp3) is 0.474. The van der Waals surface area contributed by atoms with E-state index in [0.29, 0.717) is 12.1 Å². The first kappa shape index (κ1) is 22.1. The van der Waals surface area contributed by atoms with Crippen molar-refractivity contribution >= 4 is 23.8 Å². The predicted octanol–water partition coefficient (Wildman–Crippen LogP) is 1.49. The van der Waals surface area contributed by atoms with E-state index in [9.17, 15) is 19.2 Å². The molecular weight excluding hydrogens is 350 g/mol. The third kappa shape index (κ3) is 8.35. The van der Waals surface area contributed by atoms with Crippen LogP contribution in [0.2, 0.25) is 0 Å². The van der Waals surface area contributed by atoms with Crippen LogP contribution in [0, 0.1) is 0 Å². The lowest BCUT2D eigenvalue weighted by Gasteiger charge is -2.19. The van der Waals surface area contributed by atoms with Crippen LogP contribution >= 0.6 is 0 Å². The lowest BCUT2D eigenvalue weighted by molar-refractivity contribution is -0.148. The van der Waals surface area contributed by atoms with Crippen LogP contribution in [0.3, 0.4) is 0 Å². The van der Waals surface area contributed by atoms with Crippen molar-refractivity contribution < 1.29 is 23.9 Å². The van der Waals surface area contributed by atoms with Gasteiger partial charge < -0.3 is 15.4 Å². The van der Waals surface area contributed by atoms with Gasteiger partial charge in [-0.05, 0) is 30.0 Å². The van der Waals surface area contributed by atoms with E-state index in [2.05, 4.69) is 31.4 Å². The van der Waals surface area contributed by atoms with Crippen LogP contribution in [0.5, 0.6) is 0 Å². The SMILES string of the molecule is CCNC(=O)NC(=O)COC(=O)CCNC(=O)c1ccc(C(C)(C)C)cc1. The molecule has 3 N–H and O–H groups in total. The highest BCUT2D eigenvalue weighted by molar-refractivity contribution is 5.96. The molecule has 8 nitrogen and oxygen atoms in total. The molecule has 0 fully saturated rings. The Morgan fingerprint density at radius 1 is 1.00 bits per heavy atom. The van der Waals surface area contributed by atoms with Crippen LogP contribution in [0.1, 0.15) is 50.0 Å². The molecule has 0 saturated carbocycles. The van der Waals surface area contributed by atoms with Crippen molar-refractivity contribution in [1.82, 2.24) is 16.0 Å². The molecule has 8 heteroatoms. The summed E-state index contributed by atoms with van der Waals surface area (Å²) < 4.78 is 4.74. The number of hydrogen-bond donors (Lipinski definition) is 3. The molecule has 0 spiro atoms. The van der Waals surface area contributed by atoms with Gasteiger partial charge >= 0.3 is 12.0 Å². The van der Waals surface area contributed by atoms with Crippen LogP contribution in [-0.4, -0.2) is 43.5 Å². The number of imide groups is 1. The average Bonchev–Trinajstić information content (AvgIpc) is 2.59. The topological polar surface area (TPSA) is 114 Å². The minimum absolute atomic E-state index is 0.00225. The van der Waals surface area contributed by atoms with Gasteiger partial charge in [-0.2, -0.15) is 0 Å². The molecule has 0 atom stereocenters. The summed E-state index contributed by atoms with van der Waals surface area (Å²) in [5.41, 5.74) is 1.62. The van der Waals surface area contributed by atoms with Gasteiger partial charge in [-0.25, -0.2) is 4.79 Å². The van der Waals surface area contributed by atoms with Crippen molar-refractivity contribution in [3.05, 3.63) is 35.4 Å². The number of nitrogens with one attached hydrogen (secondary N) is 3. The summed E-state index contributed by atoms with van der Waals surface area (Å²) in [6, 6.07) is 6.62. The summed E-state index contributed by atoms with van der Waals surface area (Å²) in [6.45, 7) is 7.86. The normalized spacial score (nSPS) is 10.7. The largest absolute Gasteiger partial charge is 0.456 e. The van der Waals surface area contributed by atoms with E-state index in [1.54, 1.807) is 19.1 Å². The first-order chi connectivity index (χ1) is 12.6. The van der Waals surface area contributed by atoms with Crippen LogP contribution in [0.25, 0.3) is 0 Å². The van der Waals surface area contributed by atoms with E-state index in [4.69, 9.17) is 4.74 Å². The number of hydrogen-bond acceptors (Lipinski definition) is 5. The van der Waals surface area contributed by atoms with Gasteiger partial charge in [0.05, 0.1) is 6.42 Å². The Bertz CT molecular complexity index is 678. The smallest absolute Gasteiger partial charge is 0.321 e. The molecule has 1 aromatic rings. The van der Waals surface area contributed by atoms with E-state index >= 15 is 0 Å². The summed E-state index contributed by atoms with van der Waals surface area (Å²) in [5.74, 6) is -1.67. The summed E-state index contributed by atoms with van der Waals surface area (Å²) in [5, 5.41) is 7.01. The Kier molecular flexibility index (Phi) is 8.44. The van der Waals surface area contributed by atoms with Gasteiger partial charge in [0.2, 0.25) is 0 Å². The van der Waals surface area contributed by atoms with E-state index in [-0.39, 0.29) is 24.3 Å². The van der Waals surface area contributed by atoms with Gasteiger partial charge in [-0.15, -0.1) is 0 Å². The van der Waals surface area contributed by atoms with Gasteiger partial charge in [0.25, 0.3) is 11.8 Å². The second kappa shape index (κ2) is 10.3. The summed E-state index contributed by atoms with van der Waals surface area (Å²) in [6.07, 6.45) is -0.0831. The van der Waals surface area contributed by atoms with Crippen molar-refractivity contribution in [2.75, 3.05) is 19.7 Å². The number of urea groups is 1. The van der Waals surface area contributed by atoms with E-state index in [1.807, 2.05) is 17.4 Å². The number of ether oxygens (including phenoxy) is 1. The number of benzene rings is 1. The van der Waals surface area contributed by atoms with Crippen molar-refractivity contribution in [2.24, 2.45) is 0 Å². The fourth-order valence-electron chi connectivity index (χ4n) is 2.09. The lowest BCUT2D eigenvalue weighted by atomic mass is 9.87. The standard InChI is InChI=1S/C19H27N3O5/c1-5-20-18(26)22-15(23)12-27-16(24)10-11-21-17(25)13-6-8-14(9-7-13)19(2,3)4/h6-9H,5,10-12H2,1-4H3,(H,21,25)(H2,20,22,23,26). The highest BCUT2D eigenvalue weighted by atomic mass is 16.5. The zero-order chi connectivity index (χ0) is 20.4. The van der Waals surface area contributed by atoms with Crippen LogP contribution < -0.4 is 16.0 Å². The molecule has 4 amide bonds. The second-order valence-corrected chi connectivity index (χ2v) is 6.90. The second-order valence-electron chi connectivity index (χ2n) is 6.90. The third-order valence-corrected chi connectivity index (χ3v) is 3.58. The molecule has 0 heterocycles. The molecular formula is C19H27N3O5. The van der Waals surface area contributed by atoms with Crippen molar-refractivity contribution in [2.45, 2.75) is 39.5 Å². The molecule has 0 aliphatic carbocycles. The molecule has 0 aromatic heterocycles. The third-order valence-electron chi connectivity index (χ3n) is 3.58. The Morgan fingerprint density at radius 2 is 1.63 bits per heavy atom. The van der Waals surface area contributed by atoms with Crippen LogP contribution in [0.4, 0.5) is 4.79 Å². The first-order valence-electron chi connectivity index (χ1n) is 8.75. The van der Waals surface area contributed by atoms with Crippen molar-refractivity contribution in [3.8, 4) is 0 Å².